The van der Waals surface area contributed by atoms with Crippen molar-refractivity contribution in [2.75, 3.05) is 18.2 Å². The molecule has 0 aromatic heterocycles. The molecule has 1 aliphatic heterocycles. The number of hydrazone groups is 1. The predicted octanol–water partition coefficient (Wildman–Crippen LogP) is 6.50. The van der Waals surface area contributed by atoms with E-state index in [9.17, 15) is 4.79 Å². The van der Waals surface area contributed by atoms with Crippen LogP contribution in [-0.2, 0) is 4.79 Å². The number of benzene rings is 2. The molecule has 2 aromatic carbocycles. The van der Waals surface area contributed by atoms with Gasteiger partial charge in [0.1, 0.15) is 0 Å². The number of unbranched alkanes of at least 4 members (excludes halogenated alkanes) is 3. The van der Waals surface area contributed by atoms with E-state index >= 15 is 0 Å². The van der Waals surface area contributed by atoms with Crippen molar-refractivity contribution in [2.45, 2.75) is 46.5 Å². The summed E-state index contributed by atoms with van der Waals surface area (Å²) in [5, 5.41) is 6.31. The second-order valence-electron chi connectivity index (χ2n) is 7.37. The van der Waals surface area contributed by atoms with Crippen molar-refractivity contribution in [1.29, 1.82) is 0 Å². The Labute approximate surface area is 189 Å². The Balaban J connectivity index is 1.83. The van der Waals surface area contributed by atoms with Crippen LogP contribution in [0, 0.1) is 0 Å². The van der Waals surface area contributed by atoms with E-state index in [0.29, 0.717) is 41.0 Å². The van der Waals surface area contributed by atoms with Gasteiger partial charge in [-0.3, -0.25) is 4.79 Å². The molecular weight excluding hydrogens is 412 g/mol. The molecule has 1 heterocycles. The molecule has 0 N–H and O–H groups in total. The molecular formula is C25H29ClN2O3. The Morgan fingerprint density at radius 1 is 1.06 bits per heavy atom. The number of rotatable bonds is 10. The third-order valence-electron chi connectivity index (χ3n) is 4.95. The highest BCUT2D eigenvalue weighted by atomic mass is 35.5. The molecule has 3 rings (SSSR count). The molecule has 31 heavy (non-hydrogen) atoms. The van der Waals surface area contributed by atoms with Crippen LogP contribution in [0.3, 0.4) is 0 Å². The van der Waals surface area contributed by atoms with E-state index in [0.717, 1.165) is 24.1 Å². The molecule has 1 aliphatic rings. The zero-order chi connectivity index (χ0) is 22.2. The maximum atomic E-state index is 13.0. The summed E-state index contributed by atoms with van der Waals surface area (Å²) in [6.07, 6.45) is 6.26. The summed E-state index contributed by atoms with van der Waals surface area (Å²) in [7, 11) is 0. The monoisotopic (exact) mass is 440 g/mol. The van der Waals surface area contributed by atoms with Crippen LogP contribution < -0.4 is 14.5 Å². The summed E-state index contributed by atoms with van der Waals surface area (Å²) in [5.74, 6) is 0.961. The summed E-state index contributed by atoms with van der Waals surface area (Å²) >= 11 is 6.53. The number of hydrogen-bond acceptors (Lipinski definition) is 4. The molecule has 1 amide bonds. The second kappa shape index (κ2) is 11.0. The van der Waals surface area contributed by atoms with Gasteiger partial charge >= 0.3 is 0 Å². The molecule has 0 bridgehead atoms. The van der Waals surface area contributed by atoms with Gasteiger partial charge in [-0.15, -0.1) is 0 Å². The number of hydrogen-bond donors (Lipinski definition) is 0. The van der Waals surface area contributed by atoms with Gasteiger partial charge in [0.25, 0.3) is 5.91 Å². The lowest BCUT2D eigenvalue weighted by Gasteiger charge is -2.15. The van der Waals surface area contributed by atoms with Crippen molar-refractivity contribution in [3.05, 3.63) is 58.6 Å². The van der Waals surface area contributed by atoms with Crippen LogP contribution in [0.5, 0.6) is 11.5 Å². The fourth-order valence-corrected chi connectivity index (χ4v) is 3.65. The number of carbonyl (C=O) groups excluding carboxylic acids is 1. The molecule has 6 heteroatoms. The zero-order valence-corrected chi connectivity index (χ0v) is 19.1. The largest absolute Gasteiger partial charge is 0.490 e. The van der Waals surface area contributed by atoms with E-state index in [1.165, 1.54) is 17.9 Å². The lowest BCUT2D eigenvalue weighted by molar-refractivity contribution is -0.114. The van der Waals surface area contributed by atoms with Crippen molar-refractivity contribution < 1.29 is 14.3 Å². The minimum Gasteiger partial charge on any atom is -0.490 e. The van der Waals surface area contributed by atoms with Gasteiger partial charge in [-0.05, 0) is 56.2 Å². The number of halogens is 1. The zero-order valence-electron chi connectivity index (χ0n) is 18.4. The first-order valence-corrected chi connectivity index (χ1v) is 11.2. The topological polar surface area (TPSA) is 51.1 Å². The number of amides is 1. The van der Waals surface area contributed by atoms with E-state index in [2.05, 4.69) is 12.0 Å². The van der Waals surface area contributed by atoms with E-state index < -0.39 is 0 Å². The Morgan fingerprint density at radius 2 is 1.84 bits per heavy atom. The van der Waals surface area contributed by atoms with Gasteiger partial charge in [-0.1, -0.05) is 56.0 Å². The van der Waals surface area contributed by atoms with Gasteiger partial charge in [0.15, 0.2) is 11.5 Å². The summed E-state index contributed by atoms with van der Waals surface area (Å²) in [6.45, 7) is 7.00. The predicted molar refractivity (Wildman–Crippen MR) is 127 cm³/mol. The highest BCUT2D eigenvalue weighted by Gasteiger charge is 2.28. The first kappa shape index (κ1) is 22.9. The average molecular weight is 441 g/mol. The van der Waals surface area contributed by atoms with Gasteiger partial charge in [0.05, 0.1) is 35.2 Å². The standard InChI is InChI=1S/C25H29ClN2O3/c1-4-6-7-11-14-31-24-22(26)16-19(17-23(24)30-5-2)15-21-18(3)27-28(25(21)29)20-12-9-8-10-13-20/h8-10,12-13,15-17H,4-7,11,14H2,1-3H3. The summed E-state index contributed by atoms with van der Waals surface area (Å²) in [6, 6.07) is 13.0. The summed E-state index contributed by atoms with van der Waals surface area (Å²) < 4.78 is 11.7. The maximum absolute atomic E-state index is 13.0. The third kappa shape index (κ3) is 5.67. The fraction of sp³-hybridized carbons (Fsp3) is 0.360. The van der Waals surface area contributed by atoms with Gasteiger partial charge in [0.2, 0.25) is 0 Å². The normalized spacial score (nSPS) is 14.8. The molecule has 2 aromatic rings. The Hall–Kier alpha value is -2.79. The van der Waals surface area contributed by atoms with Crippen LogP contribution in [0.4, 0.5) is 5.69 Å². The van der Waals surface area contributed by atoms with E-state index in [-0.39, 0.29) is 5.91 Å². The molecule has 164 valence electrons. The molecule has 0 unspecified atom stereocenters. The van der Waals surface area contributed by atoms with Crippen LogP contribution in [0.1, 0.15) is 52.0 Å². The molecule has 0 aliphatic carbocycles. The molecule has 0 saturated heterocycles. The smallest absolute Gasteiger partial charge is 0.280 e. The SMILES string of the molecule is CCCCCCOc1c(Cl)cc(C=C2C(=O)N(c3ccccc3)N=C2C)cc1OCC. The van der Waals surface area contributed by atoms with Crippen LogP contribution in [-0.4, -0.2) is 24.8 Å². The van der Waals surface area contributed by atoms with Gasteiger partial charge in [-0.25, -0.2) is 0 Å². The number of carbonyl (C=O) groups is 1. The van der Waals surface area contributed by atoms with Crippen LogP contribution >= 0.6 is 11.6 Å². The lowest BCUT2D eigenvalue weighted by atomic mass is 10.1. The number of ether oxygens (including phenoxy) is 2. The number of para-hydroxylation sites is 1. The highest BCUT2D eigenvalue weighted by Crippen LogP contribution is 2.38. The van der Waals surface area contributed by atoms with Crippen molar-refractivity contribution in [3.63, 3.8) is 0 Å². The van der Waals surface area contributed by atoms with Gasteiger partial charge in [-0.2, -0.15) is 10.1 Å². The Bertz CT molecular complexity index is 970. The van der Waals surface area contributed by atoms with Crippen molar-refractivity contribution in [3.8, 4) is 11.5 Å². The quantitative estimate of drug-likeness (QED) is 0.313. The van der Waals surface area contributed by atoms with Crippen molar-refractivity contribution >= 4 is 35.0 Å². The van der Waals surface area contributed by atoms with E-state index in [4.69, 9.17) is 21.1 Å². The molecule has 5 nitrogen and oxygen atoms in total. The first-order valence-electron chi connectivity index (χ1n) is 10.8. The first-order chi connectivity index (χ1) is 15.0. The van der Waals surface area contributed by atoms with E-state index in [1.807, 2.05) is 50.2 Å². The number of nitrogens with zero attached hydrogens (tertiary/aromatic N) is 2. The minimum atomic E-state index is -0.172. The maximum Gasteiger partial charge on any atom is 0.280 e. The van der Waals surface area contributed by atoms with Crippen LogP contribution in [0.25, 0.3) is 6.08 Å². The third-order valence-corrected chi connectivity index (χ3v) is 5.23. The Kier molecular flexibility index (Phi) is 8.13. The number of anilines is 1. The molecule has 0 spiro atoms. The second-order valence-corrected chi connectivity index (χ2v) is 7.78. The highest BCUT2D eigenvalue weighted by molar-refractivity contribution is 6.33. The van der Waals surface area contributed by atoms with Crippen LogP contribution in [0.2, 0.25) is 5.02 Å². The van der Waals surface area contributed by atoms with E-state index in [1.54, 1.807) is 12.1 Å². The molecule has 0 fully saturated rings. The van der Waals surface area contributed by atoms with Crippen LogP contribution in [0.15, 0.2) is 53.1 Å². The minimum absolute atomic E-state index is 0.172. The Morgan fingerprint density at radius 3 is 2.55 bits per heavy atom. The molecule has 0 atom stereocenters. The van der Waals surface area contributed by atoms with Gasteiger partial charge < -0.3 is 9.47 Å². The fourth-order valence-electron chi connectivity index (χ4n) is 3.37. The van der Waals surface area contributed by atoms with Crippen molar-refractivity contribution in [1.82, 2.24) is 0 Å². The lowest BCUT2D eigenvalue weighted by Crippen LogP contribution is -2.21. The molecule has 0 radical (unpaired) electrons. The van der Waals surface area contributed by atoms with Gasteiger partial charge in [0, 0.05) is 0 Å². The van der Waals surface area contributed by atoms with Crippen molar-refractivity contribution in [2.24, 2.45) is 5.10 Å². The summed E-state index contributed by atoms with van der Waals surface area (Å²) in [4.78, 5) is 13.0. The molecule has 0 saturated carbocycles. The summed E-state index contributed by atoms with van der Waals surface area (Å²) in [5.41, 5.74) is 2.67. The average Bonchev–Trinajstić information content (AvgIpc) is 3.04.